The number of nitrogens with zero attached hydrogens (tertiary/aromatic N) is 2. The standard InChI is InChI=1S/C17H13ClN2O2/c18-13-8-5-12(6-9-13)16-19-17(22-20-16)15-10-7-11-3-1-2-4-14(11)21-15/h1-6,8-9,15H,7,10H2/t15-/m0/s1. The van der Waals surface area contributed by atoms with Gasteiger partial charge in [-0.1, -0.05) is 35.0 Å². The lowest BCUT2D eigenvalue weighted by atomic mass is 10.0. The molecule has 4 rings (SSSR count). The lowest BCUT2D eigenvalue weighted by Crippen LogP contribution is -2.15. The molecule has 0 radical (unpaired) electrons. The van der Waals surface area contributed by atoms with E-state index in [1.165, 1.54) is 5.56 Å². The van der Waals surface area contributed by atoms with Crippen LogP contribution in [0.5, 0.6) is 5.75 Å². The summed E-state index contributed by atoms with van der Waals surface area (Å²) in [7, 11) is 0. The van der Waals surface area contributed by atoms with Crippen LogP contribution in [0.3, 0.4) is 0 Å². The van der Waals surface area contributed by atoms with Gasteiger partial charge in [0.2, 0.25) is 5.82 Å². The van der Waals surface area contributed by atoms with Gasteiger partial charge in [0.1, 0.15) is 5.75 Å². The van der Waals surface area contributed by atoms with Crippen molar-refractivity contribution in [3.05, 3.63) is 65.0 Å². The Labute approximate surface area is 132 Å². The zero-order valence-electron chi connectivity index (χ0n) is 11.7. The molecule has 2 aromatic carbocycles. The van der Waals surface area contributed by atoms with Crippen LogP contribution in [0.15, 0.2) is 53.1 Å². The number of fused-ring (bicyclic) bond motifs is 1. The van der Waals surface area contributed by atoms with Crippen LogP contribution in [0.25, 0.3) is 11.4 Å². The second-order valence-electron chi connectivity index (χ2n) is 5.22. The topological polar surface area (TPSA) is 48.2 Å². The molecule has 1 aliphatic heterocycles. The van der Waals surface area contributed by atoms with Gasteiger partial charge in [-0.05, 0) is 48.7 Å². The van der Waals surface area contributed by atoms with E-state index < -0.39 is 0 Å². The molecule has 110 valence electrons. The highest BCUT2D eigenvalue weighted by Gasteiger charge is 2.26. The van der Waals surface area contributed by atoms with E-state index in [1.54, 1.807) is 12.1 Å². The van der Waals surface area contributed by atoms with Crippen LogP contribution in [-0.2, 0) is 6.42 Å². The fourth-order valence-corrected chi connectivity index (χ4v) is 2.71. The SMILES string of the molecule is Clc1ccc(-c2noc([C@@H]3CCc4ccccc4O3)n2)cc1. The van der Waals surface area contributed by atoms with E-state index in [-0.39, 0.29) is 6.10 Å². The Bertz CT molecular complexity index is 798. The third kappa shape index (κ3) is 2.46. The van der Waals surface area contributed by atoms with E-state index in [0.717, 1.165) is 24.2 Å². The number of aryl methyl sites for hydroxylation is 1. The summed E-state index contributed by atoms with van der Waals surface area (Å²) in [6.45, 7) is 0. The van der Waals surface area contributed by atoms with Crippen LogP contribution in [0, 0.1) is 0 Å². The van der Waals surface area contributed by atoms with Crippen LogP contribution < -0.4 is 4.74 Å². The zero-order valence-corrected chi connectivity index (χ0v) is 12.5. The minimum absolute atomic E-state index is 0.191. The number of aromatic nitrogens is 2. The van der Waals surface area contributed by atoms with Gasteiger partial charge in [-0.15, -0.1) is 0 Å². The molecule has 0 saturated heterocycles. The van der Waals surface area contributed by atoms with Crippen LogP contribution in [0.4, 0.5) is 0 Å². The second kappa shape index (κ2) is 5.46. The van der Waals surface area contributed by atoms with Crippen molar-refractivity contribution >= 4 is 11.6 Å². The second-order valence-corrected chi connectivity index (χ2v) is 5.65. The quantitative estimate of drug-likeness (QED) is 0.701. The molecule has 0 spiro atoms. The molecule has 3 aromatic rings. The molecule has 2 heterocycles. The molecule has 0 aliphatic carbocycles. The number of para-hydroxylation sites is 1. The Balaban J connectivity index is 1.59. The van der Waals surface area contributed by atoms with Crippen LogP contribution in [0.1, 0.15) is 24.0 Å². The fourth-order valence-electron chi connectivity index (χ4n) is 2.58. The highest BCUT2D eigenvalue weighted by atomic mass is 35.5. The minimum Gasteiger partial charge on any atom is -0.480 e. The summed E-state index contributed by atoms with van der Waals surface area (Å²) in [4.78, 5) is 4.46. The summed E-state index contributed by atoms with van der Waals surface area (Å²) in [6.07, 6.45) is 1.59. The van der Waals surface area contributed by atoms with Crippen molar-refractivity contribution in [2.24, 2.45) is 0 Å². The van der Waals surface area contributed by atoms with Gasteiger partial charge in [0, 0.05) is 10.6 Å². The highest BCUT2D eigenvalue weighted by molar-refractivity contribution is 6.30. The molecule has 0 N–H and O–H groups in total. The summed E-state index contributed by atoms with van der Waals surface area (Å²) in [5.41, 5.74) is 2.09. The van der Waals surface area contributed by atoms with Crippen molar-refractivity contribution < 1.29 is 9.26 Å². The Morgan fingerprint density at radius 1 is 1.05 bits per heavy atom. The average molecular weight is 313 g/mol. The van der Waals surface area contributed by atoms with Gasteiger partial charge in [0.25, 0.3) is 5.89 Å². The largest absolute Gasteiger partial charge is 0.480 e. The number of hydrogen-bond acceptors (Lipinski definition) is 4. The van der Waals surface area contributed by atoms with Crippen molar-refractivity contribution in [2.45, 2.75) is 18.9 Å². The van der Waals surface area contributed by atoms with E-state index in [1.807, 2.05) is 30.3 Å². The Hall–Kier alpha value is -2.33. The van der Waals surface area contributed by atoms with E-state index in [2.05, 4.69) is 16.2 Å². The van der Waals surface area contributed by atoms with Crippen molar-refractivity contribution in [3.63, 3.8) is 0 Å². The molecule has 0 fully saturated rings. The first-order valence-electron chi connectivity index (χ1n) is 7.14. The Kier molecular flexibility index (Phi) is 3.31. The number of hydrogen-bond donors (Lipinski definition) is 0. The maximum Gasteiger partial charge on any atom is 0.268 e. The molecular formula is C17H13ClN2O2. The first-order valence-corrected chi connectivity index (χ1v) is 7.51. The van der Waals surface area contributed by atoms with Gasteiger partial charge < -0.3 is 9.26 Å². The molecule has 0 amide bonds. The summed E-state index contributed by atoms with van der Waals surface area (Å²) < 4.78 is 11.4. The molecule has 0 bridgehead atoms. The van der Waals surface area contributed by atoms with Crippen LogP contribution in [0.2, 0.25) is 5.02 Å². The summed E-state index contributed by atoms with van der Waals surface area (Å²) >= 11 is 5.89. The Morgan fingerprint density at radius 2 is 1.86 bits per heavy atom. The highest BCUT2D eigenvalue weighted by Crippen LogP contribution is 2.34. The van der Waals surface area contributed by atoms with Crippen LogP contribution >= 0.6 is 11.6 Å². The van der Waals surface area contributed by atoms with Gasteiger partial charge in [-0.3, -0.25) is 0 Å². The molecular weight excluding hydrogens is 300 g/mol. The first-order chi connectivity index (χ1) is 10.8. The molecule has 0 unspecified atom stereocenters. The van der Waals surface area contributed by atoms with Crippen molar-refractivity contribution in [1.82, 2.24) is 10.1 Å². The van der Waals surface area contributed by atoms with E-state index in [0.29, 0.717) is 16.7 Å². The molecule has 22 heavy (non-hydrogen) atoms. The van der Waals surface area contributed by atoms with E-state index in [4.69, 9.17) is 20.9 Å². The van der Waals surface area contributed by atoms with Crippen LogP contribution in [-0.4, -0.2) is 10.1 Å². The number of ether oxygens (including phenoxy) is 1. The maximum absolute atomic E-state index is 5.97. The fraction of sp³-hybridized carbons (Fsp3) is 0.176. The number of halogens is 1. The molecule has 1 aromatic heterocycles. The number of benzene rings is 2. The predicted octanol–water partition coefficient (Wildman–Crippen LogP) is 4.46. The molecule has 5 heteroatoms. The molecule has 0 saturated carbocycles. The maximum atomic E-state index is 5.97. The van der Waals surface area contributed by atoms with Gasteiger partial charge in [-0.2, -0.15) is 4.98 Å². The molecule has 4 nitrogen and oxygen atoms in total. The van der Waals surface area contributed by atoms with Crippen molar-refractivity contribution in [2.75, 3.05) is 0 Å². The smallest absolute Gasteiger partial charge is 0.268 e. The van der Waals surface area contributed by atoms with Gasteiger partial charge in [0.05, 0.1) is 0 Å². The molecule has 1 atom stereocenters. The Morgan fingerprint density at radius 3 is 2.73 bits per heavy atom. The van der Waals surface area contributed by atoms with Gasteiger partial charge in [-0.25, -0.2) is 0 Å². The lowest BCUT2D eigenvalue weighted by molar-refractivity contribution is 0.135. The number of rotatable bonds is 2. The van der Waals surface area contributed by atoms with E-state index >= 15 is 0 Å². The predicted molar refractivity (Wildman–Crippen MR) is 82.9 cm³/mol. The third-order valence-electron chi connectivity index (χ3n) is 3.74. The van der Waals surface area contributed by atoms with Gasteiger partial charge in [0.15, 0.2) is 6.10 Å². The lowest BCUT2D eigenvalue weighted by Gasteiger charge is -2.23. The summed E-state index contributed by atoms with van der Waals surface area (Å²) in [6, 6.07) is 15.4. The summed E-state index contributed by atoms with van der Waals surface area (Å²) in [5, 5.41) is 4.72. The molecule has 1 aliphatic rings. The average Bonchev–Trinajstić information content (AvgIpc) is 3.05. The third-order valence-corrected chi connectivity index (χ3v) is 3.99. The van der Waals surface area contributed by atoms with E-state index in [9.17, 15) is 0 Å². The monoisotopic (exact) mass is 312 g/mol. The first kappa shape index (κ1) is 13.3. The van der Waals surface area contributed by atoms with Gasteiger partial charge >= 0.3 is 0 Å². The normalized spacial score (nSPS) is 16.9. The minimum atomic E-state index is -0.191. The zero-order chi connectivity index (χ0) is 14.9. The van der Waals surface area contributed by atoms with Crippen molar-refractivity contribution in [3.8, 4) is 17.1 Å². The van der Waals surface area contributed by atoms with Crippen molar-refractivity contribution in [1.29, 1.82) is 0 Å². The summed E-state index contributed by atoms with van der Waals surface area (Å²) in [5.74, 6) is 1.96.